The van der Waals surface area contributed by atoms with Gasteiger partial charge < -0.3 is 5.32 Å². The van der Waals surface area contributed by atoms with Crippen LogP contribution in [-0.4, -0.2) is 30.6 Å². The molecule has 0 aliphatic carbocycles. The van der Waals surface area contributed by atoms with Crippen LogP contribution in [0.3, 0.4) is 0 Å². The van der Waals surface area contributed by atoms with Crippen molar-refractivity contribution in [2.75, 3.05) is 19.6 Å². The maximum absolute atomic E-state index is 3.70. The van der Waals surface area contributed by atoms with E-state index >= 15 is 0 Å². The third-order valence-corrected chi connectivity index (χ3v) is 4.67. The summed E-state index contributed by atoms with van der Waals surface area (Å²) < 4.78 is 0. The summed E-state index contributed by atoms with van der Waals surface area (Å²) >= 11 is 0. The van der Waals surface area contributed by atoms with E-state index < -0.39 is 0 Å². The predicted octanol–water partition coefficient (Wildman–Crippen LogP) is 3.77. The molecule has 3 unspecified atom stereocenters. The van der Waals surface area contributed by atoms with Gasteiger partial charge in [0.1, 0.15) is 0 Å². The van der Waals surface area contributed by atoms with E-state index in [1.807, 2.05) is 0 Å². The number of rotatable bonds is 3. The van der Waals surface area contributed by atoms with Crippen molar-refractivity contribution in [3.05, 3.63) is 35.4 Å². The topological polar surface area (TPSA) is 15.3 Å². The van der Waals surface area contributed by atoms with E-state index in [2.05, 4.69) is 62.2 Å². The zero-order valence-electron chi connectivity index (χ0n) is 13.5. The summed E-state index contributed by atoms with van der Waals surface area (Å²) in [7, 11) is 0. The molecule has 2 rings (SSSR count). The van der Waals surface area contributed by atoms with Crippen LogP contribution in [0.5, 0.6) is 0 Å². The second-order valence-corrected chi connectivity index (χ2v) is 6.49. The van der Waals surface area contributed by atoms with Gasteiger partial charge in [-0.15, -0.1) is 0 Å². The minimum absolute atomic E-state index is 0.522. The predicted molar refractivity (Wildman–Crippen MR) is 87.0 cm³/mol. The van der Waals surface area contributed by atoms with Crippen LogP contribution in [0.4, 0.5) is 0 Å². The molecular weight excluding hydrogens is 244 g/mol. The Balaban J connectivity index is 2.06. The van der Waals surface area contributed by atoms with Crippen molar-refractivity contribution in [3.63, 3.8) is 0 Å². The van der Waals surface area contributed by atoms with E-state index in [4.69, 9.17) is 0 Å². The van der Waals surface area contributed by atoms with Gasteiger partial charge in [-0.1, -0.05) is 43.7 Å². The molecule has 0 radical (unpaired) electrons. The fourth-order valence-electron chi connectivity index (χ4n) is 3.10. The van der Waals surface area contributed by atoms with Crippen molar-refractivity contribution in [1.82, 2.24) is 10.2 Å². The second kappa shape index (κ2) is 7.24. The molecule has 2 heteroatoms. The Hall–Kier alpha value is -0.860. The van der Waals surface area contributed by atoms with E-state index in [-0.39, 0.29) is 0 Å². The molecule has 112 valence electrons. The molecule has 0 spiro atoms. The Morgan fingerprint density at radius 2 is 2.00 bits per heavy atom. The number of aryl methyl sites for hydroxylation is 1. The van der Waals surface area contributed by atoms with Crippen LogP contribution in [0.1, 0.15) is 50.8 Å². The second-order valence-electron chi connectivity index (χ2n) is 6.49. The maximum atomic E-state index is 3.70. The zero-order chi connectivity index (χ0) is 14.5. The molecule has 0 bridgehead atoms. The number of hydrogen-bond acceptors (Lipinski definition) is 2. The summed E-state index contributed by atoms with van der Waals surface area (Å²) in [6.07, 6.45) is 2.50. The molecule has 0 saturated carbocycles. The first-order valence-electron chi connectivity index (χ1n) is 8.14. The Morgan fingerprint density at radius 1 is 1.30 bits per heavy atom. The number of nitrogens with zero attached hydrogens (tertiary/aromatic N) is 1. The van der Waals surface area contributed by atoms with Crippen molar-refractivity contribution < 1.29 is 0 Å². The fraction of sp³-hybridized carbons (Fsp3) is 0.667. The van der Waals surface area contributed by atoms with Crippen molar-refractivity contribution in [1.29, 1.82) is 0 Å². The molecule has 1 saturated heterocycles. The number of nitrogens with one attached hydrogen (secondary N) is 1. The van der Waals surface area contributed by atoms with Crippen LogP contribution in [-0.2, 0) is 0 Å². The van der Waals surface area contributed by atoms with E-state index in [0.29, 0.717) is 12.1 Å². The smallest absolute Gasteiger partial charge is 0.0320 e. The highest BCUT2D eigenvalue weighted by Crippen LogP contribution is 2.23. The monoisotopic (exact) mass is 274 g/mol. The minimum Gasteiger partial charge on any atom is -0.314 e. The first-order chi connectivity index (χ1) is 9.60. The summed E-state index contributed by atoms with van der Waals surface area (Å²) in [5.41, 5.74) is 2.79. The number of benzene rings is 1. The van der Waals surface area contributed by atoms with Gasteiger partial charge in [-0.05, 0) is 44.7 Å². The standard InChI is InChI=1S/C18H30N2/c1-5-18-10-11-20(13-15(3)12-19-18)16(4)17-8-6-14(2)7-9-17/h6-9,15-16,18-19H,5,10-13H2,1-4H3. The molecule has 1 fully saturated rings. The van der Waals surface area contributed by atoms with Gasteiger partial charge in [0.2, 0.25) is 0 Å². The van der Waals surface area contributed by atoms with Crippen molar-refractivity contribution in [3.8, 4) is 0 Å². The highest BCUT2D eigenvalue weighted by atomic mass is 15.2. The van der Waals surface area contributed by atoms with Gasteiger partial charge in [0.25, 0.3) is 0 Å². The average Bonchev–Trinajstić information content (AvgIpc) is 2.43. The van der Waals surface area contributed by atoms with Crippen molar-refractivity contribution in [2.24, 2.45) is 5.92 Å². The molecule has 1 heterocycles. The van der Waals surface area contributed by atoms with Crippen LogP contribution in [0, 0.1) is 12.8 Å². The Kier molecular flexibility index (Phi) is 5.62. The lowest BCUT2D eigenvalue weighted by atomic mass is 10.00. The van der Waals surface area contributed by atoms with E-state index in [1.54, 1.807) is 0 Å². The summed E-state index contributed by atoms with van der Waals surface area (Å²) in [4.78, 5) is 2.67. The lowest BCUT2D eigenvalue weighted by molar-refractivity contribution is 0.153. The molecule has 0 aromatic heterocycles. The van der Waals surface area contributed by atoms with E-state index in [1.165, 1.54) is 37.1 Å². The largest absolute Gasteiger partial charge is 0.314 e. The highest BCUT2D eigenvalue weighted by molar-refractivity contribution is 5.23. The average molecular weight is 274 g/mol. The molecular formula is C18H30N2. The molecule has 1 aliphatic heterocycles. The summed E-state index contributed by atoms with van der Waals surface area (Å²) in [6, 6.07) is 10.3. The Bertz CT molecular complexity index is 398. The summed E-state index contributed by atoms with van der Waals surface area (Å²) in [5.74, 6) is 0.720. The molecule has 3 atom stereocenters. The maximum Gasteiger partial charge on any atom is 0.0320 e. The zero-order valence-corrected chi connectivity index (χ0v) is 13.5. The highest BCUT2D eigenvalue weighted by Gasteiger charge is 2.22. The van der Waals surface area contributed by atoms with Gasteiger partial charge in [-0.3, -0.25) is 4.90 Å². The minimum atomic E-state index is 0.522. The van der Waals surface area contributed by atoms with Gasteiger partial charge in [-0.25, -0.2) is 0 Å². The molecule has 1 N–H and O–H groups in total. The molecule has 1 aromatic carbocycles. The molecule has 1 aliphatic rings. The number of hydrogen-bond donors (Lipinski definition) is 1. The third kappa shape index (κ3) is 4.07. The molecule has 0 amide bonds. The van der Waals surface area contributed by atoms with Gasteiger partial charge in [-0.2, -0.15) is 0 Å². The van der Waals surface area contributed by atoms with Crippen LogP contribution in [0.25, 0.3) is 0 Å². The van der Waals surface area contributed by atoms with Crippen LogP contribution in [0.15, 0.2) is 24.3 Å². The van der Waals surface area contributed by atoms with Gasteiger partial charge >= 0.3 is 0 Å². The van der Waals surface area contributed by atoms with Gasteiger partial charge in [0.05, 0.1) is 0 Å². The fourth-order valence-corrected chi connectivity index (χ4v) is 3.10. The SMILES string of the molecule is CCC1CCN(C(C)c2ccc(C)cc2)CC(C)CN1. The Labute approximate surface area is 124 Å². The first-order valence-corrected chi connectivity index (χ1v) is 8.14. The van der Waals surface area contributed by atoms with E-state index in [9.17, 15) is 0 Å². The lowest BCUT2D eigenvalue weighted by Gasteiger charge is -2.36. The van der Waals surface area contributed by atoms with Crippen LogP contribution >= 0.6 is 0 Å². The third-order valence-electron chi connectivity index (χ3n) is 4.67. The normalized spacial score (nSPS) is 26.8. The summed E-state index contributed by atoms with van der Waals surface area (Å²) in [6.45, 7) is 12.7. The van der Waals surface area contributed by atoms with Gasteiger partial charge in [0, 0.05) is 25.2 Å². The van der Waals surface area contributed by atoms with Crippen molar-refractivity contribution >= 4 is 0 Å². The molecule has 2 nitrogen and oxygen atoms in total. The van der Waals surface area contributed by atoms with Crippen LogP contribution in [0.2, 0.25) is 0 Å². The first kappa shape index (κ1) is 15.5. The van der Waals surface area contributed by atoms with Gasteiger partial charge in [0.15, 0.2) is 0 Å². The lowest BCUT2D eigenvalue weighted by Crippen LogP contribution is -2.44. The Morgan fingerprint density at radius 3 is 2.65 bits per heavy atom. The molecule has 20 heavy (non-hydrogen) atoms. The summed E-state index contributed by atoms with van der Waals surface area (Å²) in [5, 5.41) is 3.70. The van der Waals surface area contributed by atoms with Crippen molar-refractivity contribution in [2.45, 2.75) is 52.6 Å². The van der Waals surface area contributed by atoms with Crippen LogP contribution < -0.4 is 5.32 Å². The molecule has 1 aromatic rings. The van der Waals surface area contributed by atoms with E-state index in [0.717, 1.165) is 12.5 Å². The quantitative estimate of drug-likeness (QED) is 0.902.